The first-order chi connectivity index (χ1) is 20.9. The van der Waals surface area contributed by atoms with Gasteiger partial charge in [0.2, 0.25) is 0 Å². The summed E-state index contributed by atoms with van der Waals surface area (Å²) in [5.41, 5.74) is -1.18. The van der Waals surface area contributed by atoms with E-state index in [1.165, 1.54) is 0 Å². The highest BCUT2D eigenvalue weighted by molar-refractivity contribution is 7.92. The molecule has 2 aliphatic rings. The molecule has 5 rings (SSSR count). The number of benzene rings is 2. The van der Waals surface area contributed by atoms with E-state index in [-0.39, 0.29) is 28.2 Å². The number of likely N-dealkylation sites (tertiary alicyclic amines) is 1. The standard InChI is InChI=1S/C28H27F6N5O4S/c29-20-10-18(9-19(12-20)28(32,33)34)17-3-4-23(25(11-17)38-7-1-2-8-38)37-24-13-22(31)26(14-21(24)30)44(41,42)39(43-16-40)27-5-6-35-15-36-27/h5-6,9-10,12-17,23,25,37H,1-4,7-8,11H2/t17-,23-,25-/m0/s1. The molecule has 1 aromatic heterocycles. The number of hydrogen-bond acceptors (Lipinski definition) is 8. The maximum atomic E-state index is 15.4. The highest BCUT2D eigenvalue weighted by atomic mass is 32.2. The molecular weight excluding hydrogens is 616 g/mol. The van der Waals surface area contributed by atoms with Crippen molar-refractivity contribution < 1.29 is 44.4 Å². The Morgan fingerprint density at radius 1 is 1.02 bits per heavy atom. The van der Waals surface area contributed by atoms with E-state index in [1.807, 2.05) is 0 Å². The van der Waals surface area contributed by atoms with E-state index in [2.05, 4.69) is 25.0 Å². The van der Waals surface area contributed by atoms with Crippen molar-refractivity contribution in [1.82, 2.24) is 14.9 Å². The third-order valence-electron chi connectivity index (χ3n) is 7.90. The maximum Gasteiger partial charge on any atom is 0.416 e. The second-order valence-electron chi connectivity index (χ2n) is 10.6. The van der Waals surface area contributed by atoms with E-state index in [4.69, 9.17) is 0 Å². The van der Waals surface area contributed by atoms with Crippen molar-refractivity contribution in [2.24, 2.45) is 0 Å². The molecule has 0 spiro atoms. The number of hydrogen-bond donors (Lipinski definition) is 1. The Balaban J connectivity index is 1.41. The summed E-state index contributed by atoms with van der Waals surface area (Å²) in [6.45, 7) is 1.17. The number of nitrogens with one attached hydrogen (secondary N) is 1. The third-order valence-corrected chi connectivity index (χ3v) is 9.47. The van der Waals surface area contributed by atoms with Gasteiger partial charge in [0, 0.05) is 30.4 Å². The molecule has 1 N–H and O–H groups in total. The van der Waals surface area contributed by atoms with E-state index in [9.17, 15) is 30.8 Å². The number of halogens is 6. The minimum absolute atomic E-state index is 0.0356. The molecule has 2 aromatic carbocycles. The summed E-state index contributed by atoms with van der Waals surface area (Å²) in [5, 5.41) is 2.97. The van der Waals surface area contributed by atoms with Gasteiger partial charge in [-0.2, -0.15) is 21.6 Å². The quantitative estimate of drug-likeness (QED) is 0.188. The van der Waals surface area contributed by atoms with Crippen molar-refractivity contribution in [3.8, 4) is 0 Å². The molecule has 236 valence electrons. The zero-order valence-corrected chi connectivity index (χ0v) is 23.8. The molecule has 0 unspecified atom stereocenters. The Hall–Kier alpha value is -3.92. The van der Waals surface area contributed by atoms with Crippen LogP contribution in [0.1, 0.15) is 49.1 Å². The Morgan fingerprint density at radius 2 is 1.77 bits per heavy atom. The first kappa shape index (κ1) is 31.5. The van der Waals surface area contributed by atoms with Crippen molar-refractivity contribution in [2.45, 2.75) is 61.2 Å². The summed E-state index contributed by atoms with van der Waals surface area (Å²) < 4.78 is 111. The molecule has 0 amide bonds. The fraction of sp³-hybridized carbons (Fsp3) is 0.393. The molecule has 0 radical (unpaired) electrons. The monoisotopic (exact) mass is 643 g/mol. The van der Waals surface area contributed by atoms with Crippen LogP contribution in [-0.2, 0) is 25.8 Å². The first-order valence-electron chi connectivity index (χ1n) is 13.7. The largest absolute Gasteiger partial charge is 0.416 e. The van der Waals surface area contributed by atoms with Gasteiger partial charge in [0.25, 0.3) is 10.0 Å². The number of carbonyl (C=O) groups excluding carboxylic acids is 1. The fourth-order valence-corrected chi connectivity index (χ4v) is 7.14. The number of anilines is 2. The van der Waals surface area contributed by atoms with Gasteiger partial charge >= 0.3 is 12.6 Å². The van der Waals surface area contributed by atoms with Crippen LogP contribution in [0.3, 0.4) is 0 Å². The summed E-state index contributed by atoms with van der Waals surface area (Å²) in [5.74, 6) is -4.28. The van der Waals surface area contributed by atoms with Crippen molar-refractivity contribution in [1.29, 1.82) is 0 Å². The third kappa shape index (κ3) is 6.60. The lowest BCUT2D eigenvalue weighted by atomic mass is 9.77. The van der Waals surface area contributed by atoms with Crippen LogP contribution >= 0.6 is 0 Å². The lowest BCUT2D eigenvalue weighted by Gasteiger charge is -2.42. The molecule has 2 fully saturated rings. The zero-order chi connectivity index (χ0) is 31.6. The highest BCUT2D eigenvalue weighted by Crippen LogP contribution is 2.40. The van der Waals surface area contributed by atoms with Crippen LogP contribution in [0.15, 0.2) is 53.8 Å². The molecule has 3 atom stereocenters. The fourth-order valence-electron chi connectivity index (χ4n) is 5.90. The lowest BCUT2D eigenvalue weighted by molar-refractivity contribution is -0.137. The molecular formula is C28H27F6N5O4S. The second-order valence-corrected chi connectivity index (χ2v) is 12.3. The predicted octanol–water partition coefficient (Wildman–Crippen LogP) is 5.41. The number of nitrogens with zero attached hydrogens (tertiary/aromatic N) is 4. The normalized spacial score (nSPS) is 21.2. The van der Waals surface area contributed by atoms with Crippen LogP contribution in [0.2, 0.25) is 0 Å². The summed E-state index contributed by atoms with van der Waals surface area (Å²) in [7, 11) is -4.97. The number of alkyl halides is 3. The zero-order valence-electron chi connectivity index (χ0n) is 23.0. The molecule has 1 aliphatic carbocycles. The van der Waals surface area contributed by atoms with Crippen LogP contribution in [0.25, 0.3) is 0 Å². The summed E-state index contributed by atoms with van der Waals surface area (Å²) in [6, 6.07) is 3.92. The topological polar surface area (TPSA) is 105 Å². The van der Waals surface area contributed by atoms with Crippen molar-refractivity contribution in [2.75, 3.05) is 22.9 Å². The molecule has 1 saturated heterocycles. The van der Waals surface area contributed by atoms with Crippen LogP contribution in [0.4, 0.5) is 37.8 Å². The van der Waals surface area contributed by atoms with E-state index in [0.717, 1.165) is 43.6 Å². The molecule has 9 nitrogen and oxygen atoms in total. The van der Waals surface area contributed by atoms with E-state index >= 15 is 8.78 Å². The van der Waals surface area contributed by atoms with E-state index in [0.29, 0.717) is 50.6 Å². The van der Waals surface area contributed by atoms with Gasteiger partial charge in [-0.25, -0.2) is 23.1 Å². The van der Waals surface area contributed by atoms with Gasteiger partial charge in [0.15, 0.2) is 5.82 Å². The molecule has 0 bridgehead atoms. The number of aromatic nitrogens is 2. The van der Waals surface area contributed by atoms with Gasteiger partial charge in [-0.1, -0.05) is 4.47 Å². The average Bonchev–Trinajstić information content (AvgIpc) is 3.52. The SMILES string of the molecule is O=CON(c1ccncn1)S(=O)(=O)c1cc(F)c(N[C@H]2CC[C@H](c3cc(F)cc(C(F)(F)F)c3)C[C@@H]2N2CCCC2)cc1F. The molecule has 44 heavy (non-hydrogen) atoms. The van der Waals surface area contributed by atoms with Crippen molar-refractivity contribution >= 4 is 28.0 Å². The minimum atomic E-state index is -4.97. The average molecular weight is 644 g/mol. The van der Waals surface area contributed by atoms with Crippen LogP contribution in [0, 0.1) is 17.5 Å². The molecule has 16 heteroatoms. The van der Waals surface area contributed by atoms with Gasteiger partial charge in [0.05, 0.1) is 11.3 Å². The first-order valence-corrected chi connectivity index (χ1v) is 15.1. The predicted molar refractivity (Wildman–Crippen MR) is 145 cm³/mol. The number of rotatable bonds is 9. The molecule has 3 aromatic rings. The van der Waals surface area contributed by atoms with Crippen molar-refractivity contribution in [3.05, 3.63) is 77.5 Å². The van der Waals surface area contributed by atoms with E-state index in [1.54, 1.807) is 0 Å². The van der Waals surface area contributed by atoms with E-state index < -0.39 is 61.9 Å². The molecule has 1 saturated carbocycles. The highest BCUT2D eigenvalue weighted by Gasteiger charge is 2.39. The van der Waals surface area contributed by atoms with Crippen LogP contribution in [0.5, 0.6) is 0 Å². The van der Waals surface area contributed by atoms with Gasteiger partial charge in [-0.3, -0.25) is 9.69 Å². The van der Waals surface area contributed by atoms with Crippen LogP contribution in [-0.4, -0.2) is 54.9 Å². The van der Waals surface area contributed by atoms with Gasteiger partial charge < -0.3 is 10.2 Å². The Bertz CT molecular complexity index is 1610. The minimum Gasteiger partial charge on any atom is -0.378 e. The summed E-state index contributed by atoms with van der Waals surface area (Å²) >= 11 is 0. The summed E-state index contributed by atoms with van der Waals surface area (Å²) in [4.78, 5) is 23.8. The molecule has 2 heterocycles. The Morgan fingerprint density at radius 3 is 2.43 bits per heavy atom. The summed E-state index contributed by atoms with van der Waals surface area (Å²) in [6.07, 6.45) is 0.182. The second kappa shape index (κ2) is 12.6. The van der Waals surface area contributed by atoms with Gasteiger partial charge in [-0.15, -0.1) is 0 Å². The number of carbonyl (C=O) groups is 1. The lowest BCUT2D eigenvalue weighted by Crippen LogP contribution is -2.49. The smallest absolute Gasteiger partial charge is 0.378 e. The Labute approximate surface area is 248 Å². The van der Waals surface area contributed by atoms with Gasteiger partial charge in [0.1, 0.15) is 28.7 Å². The maximum absolute atomic E-state index is 15.4. The van der Waals surface area contributed by atoms with Crippen molar-refractivity contribution in [3.63, 3.8) is 0 Å². The number of sulfonamides is 1. The molecule has 1 aliphatic heterocycles. The Kier molecular flexibility index (Phi) is 9.02. The van der Waals surface area contributed by atoms with Crippen LogP contribution < -0.4 is 9.79 Å². The van der Waals surface area contributed by atoms with Gasteiger partial charge in [-0.05, 0) is 80.9 Å².